The molecule has 1 amide bonds. The highest BCUT2D eigenvalue weighted by molar-refractivity contribution is 8.00. The van der Waals surface area contributed by atoms with E-state index in [1.165, 1.54) is 17.8 Å². The number of rotatable bonds is 7. The zero-order chi connectivity index (χ0) is 21.0. The molecule has 1 heterocycles. The van der Waals surface area contributed by atoms with E-state index < -0.39 is 0 Å². The Morgan fingerprint density at radius 1 is 1.07 bits per heavy atom. The molecule has 3 aromatic rings. The molecule has 0 fully saturated rings. The summed E-state index contributed by atoms with van der Waals surface area (Å²) in [5.74, 6) is 0.423. The first-order valence-electron chi connectivity index (χ1n) is 9.56. The molecule has 152 valence electrons. The van der Waals surface area contributed by atoms with Crippen molar-refractivity contribution in [1.29, 1.82) is 0 Å². The second kappa shape index (κ2) is 9.22. The number of carbonyl (C=O) groups is 1. The van der Waals surface area contributed by atoms with Gasteiger partial charge in [0.2, 0.25) is 5.91 Å². The monoisotopic (exact) mass is 412 g/mol. The number of amides is 1. The van der Waals surface area contributed by atoms with Crippen molar-refractivity contribution in [3.63, 3.8) is 0 Å². The summed E-state index contributed by atoms with van der Waals surface area (Å²) in [6, 6.07) is 16.0. The van der Waals surface area contributed by atoms with Crippen molar-refractivity contribution >= 4 is 23.4 Å². The predicted molar refractivity (Wildman–Crippen MR) is 115 cm³/mol. The third-order valence-electron chi connectivity index (χ3n) is 4.48. The van der Waals surface area contributed by atoms with E-state index in [1.807, 2.05) is 41.8 Å². The minimum Gasteiger partial charge on any atom is -0.315 e. The molecule has 0 spiro atoms. The van der Waals surface area contributed by atoms with Gasteiger partial charge in [0.05, 0.1) is 10.8 Å². The number of thioether (sulfide) groups is 1. The maximum absolute atomic E-state index is 14.3. The Morgan fingerprint density at radius 3 is 2.38 bits per heavy atom. The molecule has 0 aliphatic rings. The lowest BCUT2D eigenvalue weighted by molar-refractivity contribution is -0.117. The lowest BCUT2D eigenvalue weighted by Crippen LogP contribution is -2.33. The number of para-hydroxylation sites is 1. The number of anilines is 1. The molecular weight excluding hydrogens is 387 g/mol. The van der Waals surface area contributed by atoms with Gasteiger partial charge in [0.15, 0.2) is 11.0 Å². The van der Waals surface area contributed by atoms with Crippen LogP contribution in [0.25, 0.3) is 11.4 Å². The first kappa shape index (κ1) is 21.0. The normalized spacial score (nSPS) is 12.2. The van der Waals surface area contributed by atoms with Crippen LogP contribution in [0.5, 0.6) is 0 Å². The van der Waals surface area contributed by atoms with Gasteiger partial charge in [0.25, 0.3) is 0 Å². The molecule has 7 heteroatoms. The average Bonchev–Trinajstić information content (AvgIpc) is 3.09. The van der Waals surface area contributed by atoms with Crippen LogP contribution in [0.3, 0.4) is 0 Å². The Balaban J connectivity index is 1.87. The largest absolute Gasteiger partial charge is 0.315 e. The van der Waals surface area contributed by atoms with Gasteiger partial charge in [0.1, 0.15) is 5.82 Å². The second-order valence-corrected chi connectivity index (χ2v) is 8.59. The Labute approximate surface area is 175 Å². The molecule has 0 aliphatic carbocycles. The number of hydrogen-bond donors (Lipinski definition) is 0. The molecule has 0 N–H and O–H groups in total. The molecule has 2 aromatic carbocycles. The van der Waals surface area contributed by atoms with Crippen LogP contribution >= 0.6 is 11.8 Å². The fraction of sp³-hybridized carbons (Fsp3) is 0.318. The SMILES string of the molecule is CC(C)Cn1c(S[C@@H](C)C(=O)N(C)c2ccccc2)nnc1-c1ccccc1F. The Morgan fingerprint density at radius 2 is 1.72 bits per heavy atom. The van der Waals surface area contributed by atoms with Crippen LogP contribution in [0.2, 0.25) is 0 Å². The van der Waals surface area contributed by atoms with Crippen molar-refractivity contribution in [1.82, 2.24) is 14.8 Å². The molecule has 1 atom stereocenters. The number of carbonyl (C=O) groups excluding carboxylic acids is 1. The van der Waals surface area contributed by atoms with E-state index in [1.54, 1.807) is 30.1 Å². The zero-order valence-electron chi connectivity index (χ0n) is 17.0. The van der Waals surface area contributed by atoms with Crippen LogP contribution in [-0.2, 0) is 11.3 Å². The van der Waals surface area contributed by atoms with Gasteiger partial charge in [-0.2, -0.15) is 0 Å². The summed E-state index contributed by atoms with van der Waals surface area (Å²) in [4.78, 5) is 14.5. The summed E-state index contributed by atoms with van der Waals surface area (Å²) < 4.78 is 16.2. The van der Waals surface area contributed by atoms with Gasteiger partial charge in [-0.1, -0.05) is 55.9 Å². The lowest BCUT2D eigenvalue weighted by atomic mass is 10.2. The Kier molecular flexibility index (Phi) is 6.69. The Bertz CT molecular complexity index is 974. The van der Waals surface area contributed by atoms with E-state index in [0.717, 1.165) is 5.69 Å². The molecule has 0 radical (unpaired) electrons. The van der Waals surface area contributed by atoms with Crippen LogP contribution in [-0.4, -0.2) is 33.0 Å². The molecule has 0 saturated carbocycles. The molecule has 0 saturated heterocycles. The van der Waals surface area contributed by atoms with Crippen molar-refractivity contribution in [2.45, 2.75) is 37.7 Å². The van der Waals surface area contributed by atoms with Gasteiger partial charge in [-0.3, -0.25) is 4.79 Å². The maximum atomic E-state index is 14.3. The standard InChI is InChI=1S/C22H25FN4OS/c1-15(2)14-27-20(18-12-8-9-13-19(18)23)24-25-22(27)29-16(3)21(28)26(4)17-10-6-5-7-11-17/h5-13,15-16H,14H2,1-4H3/t16-/m0/s1. The van der Waals surface area contributed by atoms with Crippen molar-refractivity contribution in [2.24, 2.45) is 5.92 Å². The summed E-state index contributed by atoms with van der Waals surface area (Å²) >= 11 is 1.34. The number of benzene rings is 2. The van der Waals surface area contributed by atoms with Crippen LogP contribution < -0.4 is 4.90 Å². The minimum absolute atomic E-state index is 0.0345. The van der Waals surface area contributed by atoms with Crippen LogP contribution in [0.15, 0.2) is 59.8 Å². The number of nitrogens with zero attached hydrogens (tertiary/aromatic N) is 4. The van der Waals surface area contributed by atoms with Gasteiger partial charge in [-0.15, -0.1) is 10.2 Å². The van der Waals surface area contributed by atoms with Gasteiger partial charge in [-0.05, 0) is 37.1 Å². The summed E-state index contributed by atoms with van der Waals surface area (Å²) in [7, 11) is 1.76. The zero-order valence-corrected chi connectivity index (χ0v) is 17.9. The van der Waals surface area contributed by atoms with E-state index in [9.17, 15) is 9.18 Å². The number of aromatic nitrogens is 3. The smallest absolute Gasteiger partial charge is 0.240 e. The second-order valence-electron chi connectivity index (χ2n) is 7.28. The highest BCUT2D eigenvalue weighted by Crippen LogP contribution is 2.30. The van der Waals surface area contributed by atoms with Crippen molar-refractivity contribution in [2.75, 3.05) is 11.9 Å². The molecule has 29 heavy (non-hydrogen) atoms. The van der Waals surface area contributed by atoms with Crippen LogP contribution in [0, 0.1) is 11.7 Å². The van der Waals surface area contributed by atoms with E-state index >= 15 is 0 Å². The molecule has 0 bridgehead atoms. The Hall–Kier alpha value is -2.67. The first-order chi connectivity index (χ1) is 13.9. The van der Waals surface area contributed by atoms with Gasteiger partial charge < -0.3 is 9.47 Å². The van der Waals surface area contributed by atoms with Gasteiger partial charge >= 0.3 is 0 Å². The van der Waals surface area contributed by atoms with E-state index in [2.05, 4.69) is 24.0 Å². The summed E-state index contributed by atoms with van der Waals surface area (Å²) in [5, 5.41) is 8.76. The van der Waals surface area contributed by atoms with Gasteiger partial charge in [0, 0.05) is 19.3 Å². The molecule has 0 aliphatic heterocycles. The molecule has 0 unspecified atom stereocenters. The maximum Gasteiger partial charge on any atom is 0.240 e. The van der Waals surface area contributed by atoms with E-state index in [0.29, 0.717) is 29.0 Å². The molecule has 3 rings (SSSR count). The number of hydrogen-bond acceptors (Lipinski definition) is 4. The fourth-order valence-electron chi connectivity index (χ4n) is 3.01. The van der Waals surface area contributed by atoms with Crippen LogP contribution in [0.4, 0.5) is 10.1 Å². The lowest BCUT2D eigenvalue weighted by Gasteiger charge is -2.21. The summed E-state index contributed by atoms with van der Waals surface area (Å²) in [6.45, 7) is 6.65. The highest BCUT2D eigenvalue weighted by Gasteiger charge is 2.24. The van der Waals surface area contributed by atoms with Crippen molar-refractivity contribution in [3.8, 4) is 11.4 Å². The van der Waals surface area contributed by atoms with Crippen molar-refractivity contribution in [3.05, 3.63) is 60.4 Å². The van der Waals surface area contributed by atoms with E-state index in [-0.39, 0.29) is 17.0 Å². The minimum atomic E-state index is -0.371. The van der Waals surface area contributed by atoms with Crippen molar-refractivity contribution < 1.29 is 9.18 Å². The third kappa shape index (κ3) is 4.85. The van der Waals surface area contributed by atoms with Crippen LogP contribution in [0.1, 0.15) is 20.8 Å². The average molecular weight is 413 g/mol. The number of halogens is 1. The quantitative estimate of drug-likeness (QED) is 0.519. The summed E-state index contributed by atoms with van der Waals surface area (Å²) in [6.07, 6.45) is 0. The molecular formula is C22H25FN4OS. The topological polar surface area (TPSA) is 51.0 Å². The third-order valence-corrected chi connectivity index (χ3v) is 5.55. The molecule has 5 nitrogen and oxygen atoms in total. The fourth-order valence-corrected chi connectivity index (χ4v) is 3.96. The van der Waals surface area contributed by atoms with E-state index in [4.69, 9.17) is 0 Å². The first-order valence-corrected chi connectivity index (χ1v) is 10.4. The predicted octanol–water partition coefficient (Wildman–Crippen LogP) is 4.88. The highest BCUT2D eigenvalue weighted by atomic mass is 32.2. The summed E-state index contributed by atoms with van der Waals surface area (Å²) in [5.41, 5.74) is 1.24. The molecule has 1 aromatic heterocycles. The van der Waals surface area contributed by atoms with Gasteiger partial charge in [-0.25, -0.2) is 4.39 Å².